The monoisotopic (exact) mass is 370 g/mol. The summed E-state index contributed by atoms with van der Waals surface area (Å²) in [4.78, 5) is 14.9. The molecule has 0 spiro atoms. The molecule has 27 heavy (non-hydrogen) atoms. The van der Waals surface area contributed by atoms with Gasteiger partial charge in [-0.1, -0.05) is 30.3 Å². The largest absolute Gasteiger partial charge is 0.395 e. The first-order chi connectivity index (χ1) is 13.2. The lowest BCUT2D eigenvalue weighted by Gasteiger charge is -2.39. The minimum Gasteiger partial charge on any atom is -0.395 e. The summed E-state index contributed by atoms with van der Waals surface area (Å²) in [5.74, 6) is 1.83. The maximum absolute atomic E-state index is 13.1. The number of carbonyl (C=O) groups excluding carboxylic acids is 1. The molecule has 1 fully saturated rings. The number of aliphatic hydroxyl groups is 1. The van der Waals surface area contributed by atoms with Crippen molar-refractivity contribution in [2.75, 3.05) is 26.4 Å². The molecule has 0 aliphatic carbocycles. The van der Waals surface area contributed by atoms with Gasteiger partial charge < -0.3 is 19.3 Å². The van der Waals surface area contributed by atoms with Crippen molar-refractivity contribution in [1.82, 2.24) is 19.7 Å². The fourth-order valence-electron chi connectivity index (χ4n) is 4.01. The number of rotatable bonds is 5. The van der Waals surface area contributed by atoms with Crippen LogP contribution in [-0.4, -0.2) is 57.0 Å². The van der Waals surface area contributed by atoms with E-state index in [1.807, 2.05) is 23.1 Å². The van der Waals surface area contributed by atoms with Gasteiger partial charge in [-0.25, -0.2) is 0 Å². The summed E-state index contributed by atoms with van der Waals surface area (Å²) in [6.45, 7) is 2.72. The van der Waals surface area contributed by atoms with Crippen LogP contribution in [0.5, 0.6) is 0 Å². The van der Waals surface area contributed by atoms with Crippen molar-refractivity contribution in [2.24, 2.45) is 5.41 Å². The van der Waals surface area contributed by atoms with E-state index in [1.165, 1.54) is 5.56 Å². The number of ether oxygens (including phenoxy) is 1. The Morgan fingerprint density at radius 1 is 1.11 bits per heavy atom. The van der Waals surface area contributed by atoms with E-state index in [0.29, 0.717) is 45.7 Å². The molecular weight excluding hydrogens is 344 g/mol. The fraction of sp³-hybridized carbons (Fsp3) is 0.550. The summed E-state index contributed by atoms with van der Waals surface area (Å²) in [5.41, 5.74) is 0.586. The highest BCUT2D eigenvalue weighted by Gasteiger charge is 2.43. The summed E-state index contributed by atoms with van der Waals surface area (Å²) in [5, 5.41) is 18.6. The zero-order valence-electron chi connectivity index (χ0n) is 15.5. The van der Waals surface area contributed by atoms with Gasteiger partial charge in [-0.05, 0) is 24.8 Å². The first kappa shape index (κ1) is 18.1. The first-order valence-electron chi connectivity index (χ1n) is 9.65. The molecule has 1 amide bonds. The van der Waals surface area contributed by atoms with E-state index in [1.54, 1.807) is 0 Å². The average molecular weight is 370 g/mol. The molecule has 144 valence electrons. The van der Waals surface area contributed by atoms with Gasteiger partial charge in [-0.2, -0.15) is 0 Å². The number of carbonyl (C=O) groups is 1. The molecule has 0 saturated carbocycles. The lowest BCUT2D eigenvalue weighted by Crippen LogP contribution is -2.51. The molecule has 3 heterocycles. The van der Waals surface area contributed by atoms with Crippen molar-refractivity contribution in [3.05, 3.63) is 47.5 Å². The number of nitrogens with zero attached hydrogens (tertiary/aromatic N) is 4. The zero-order valence-corrected chi connectivity index (χ0v) is 15.5. The normalized spacial score (nSPS) is 18.9. The van der Waals surface area contributed by atoms with Gasteiger partial charge in [0.05, 0.1) is 18.6 Å². The number of fused-ring (bicyclic) bond motifs is 1. The van der Waals surface area contributed by atoms with Crippen LogP contribution < -0.4 is 0 Å². The maximum atomic E-state index is 13.1. The van der Waals surface area contributed by atoms with E-state index in [4.69, 9.17) is 4.74 Å². The third-order valence-electron chi connectivity index (χ3n) is 5.80. The van der Waals surface area contributed by atoms with Crippen molar-refractivity contribution in [1.29, 1.82) is 0 Å². The smallest absolute Gasteiger partial charge is 0.231 e. The Kier molecular flexibility index (Phi) is 5.22. The van der Waals surface area contributed by atoms with Gasteiger partial charge in [0.1, 0.15) is 5.82 Å². The van der Waals surface area contributed by atoms with E-state index in [9.17, 15) is 9.90 Å². The summed E-state index contributed by atoms with van der Waals surface area (Å²) in [7, 11) is 0. The van der Waals surface area contributed by atoms with Crippen LogP contribution in [0.3, 0.4) is 0 Å². The third kappa shape index (κ3) is 3.61. The van der Waals surface area contributed by atoms with Gasteiger partial charge in [0, 0.05) is 32.7 Å². The molecule has 1 N–H and O–H groups in total. The molecule has 0 radical (unpaired) electrons. The van der Waals surface area contributed by atoms with Crippen LogP contribution in [0.4, 0.5) is 0 Å². The molecule has 7 heteroatoms. The molecule has 4 rings (SSSR count). The number of benzene rings is 1. The highest BCUT2D eigenvalue weighted by molar-refractivity contribution is 5.83. The van der Waals surface area contributed by atoms with E-state index < -0.39 is 5.41 Å². The minimum atomic E-state index is -0.698. The highest BCUT2D eigenvalue weighted by Crippen LogP contribution is 2.33. The summed E-state index contributed by atoms with van der Waals surface area (Å²) in [6.07, 6.45) is 2.92. The molecule has 2 aliphatic rings. The number of aromatic nitrogens is 3. The topological polar surface area (TPSA) is 80.5 Å². The second kappa shape index (κ2) is 7.78. The van der Waals surface area contributed by atoms with E-state index in [-0.39, 0.29) is 12.5 Å². The SMILES string of the molecule is O=C(N1CCn2c(CCc3ccccc3)nnc2C1)C1(CO)CCOCC1. The van der Waals surface area contributed by atoms with Crippen LogP contribution in [-0.2, 0) is 35.5 Å². The van der Waals surface area contributed by atoms with E-state index in [0.717, 1.165) is 24.5 Å². The summed E-state index contributed by atoms with van der Waals surface area (Å²) in [6, 6.07) is 10.4. The Hall–Kier alpha value is -2.25. The van der Waals surface area contributed by atoms with E-state index in [2.05, 4.69) is 26.9 Å². The van der Waals surface area contributed by atoms with Crippen LogP contribution in [0.2, 0.25) is 0 Å². The van der Waals surface area contributed by atoms with Gasteiger partial charge in [-0.3, -0.25) is 4.79 Å². The van der Waals surface area contributed by atoms with Crippen molar-refractivity contribution in [3.8, 4) is 0 Å². The number of hydrogen-bond acceptors (Lipinski definition) is 5. The lowest BCUT2D eigenvalue weighted by molar-refractivity contribution is -0.153. The van der Waals surface area contributed by atoms with Crippen LogP contribution >= 0.6 is 0 Å². The predicted molar refractivity (Wildman–Crippen MR) is 98.9 cm³/mol. The fourth-order valence-corrected chi connectivity index (χ4v) is 4.01. The number of aryl methyl sites for hydroxylation is 2. The Balaban J connectivity index is 1.43. The second-order valence-corrected chi connectivity index (χ2v) is 7.45. The standard InChI is InChI=1S/C20H26N4O3/c25-15-20(8-12-27-13-9-20)19(26)23-10-11-24-17(21-22-18(24)14-23)7-6-16-4-2-1-3-5-16/h1-5,25H,6-15H2. The Bertz CT molecular complexity index is 784. The van der Waals surface area contributed by atoms with Crippen LogP contribution in [0.1, 0.15) is 30.1 Å². The zero-order chi connectivity index (χ0) is 18.7. The molecule has 0 unspecified atom stereocenters. The summed E-state index contributed by atoms with van der Waals surface area (Å²) >= 11 is 0. The first-order valence-corrected chi connectivity index (χ1v) is 9.65. The quantitative estimate of drug-likeness (QED) is 0.855. The average Bonchev–Trinajstić information content (AvgIpc) is 3.15. The van der Waals surface area contributed by atoms with Crippen molar-refractivity contribution in [3.63, 3.8) is 0 Å². The highest BCUT2D eigenvalue weighted by atomic mass is 16.5. The Morgan fingerprint density at radius 2 is 1.89 bits per heavy atom. The third-order valence-corrected chi connectivity index (χ3v) is 5.80. The van der Waals surface area contributed by atoms with Gasteiger partial charge in [0.2, 0.25) is 5.91 Å². The minimum absolute atomic E-state index is 0.0217. The molecule has 7 nitrogen and oxygen atoms in total. The van der Waals surface area contributed by atoms with Crippen molar-refractivity contribution in [2.45, 2.75) is 38.8 Å². The predicted octanol–water partition coefficient (Wildman–Crippen LogP) is 1.19. The molecular formula is C20H26N4O3. The van der Waals surface area contributed by atoms with Gasteiger partial charge in [0.25, 0.3) is 0 Å². The molecule has 1 aromatic heterocycles. The molecule has 1 aromatic carbocycles. The van der Waals surface area contributed by atoms with Crippen LogP contribution in [0.25, 0.3) is 0 Å². The molecule has 2 aliphatic heterocycles. The summed E-state index contributed by atoms with van der Waals surface area (Å²) < 4.78 is 7.52. The maximum Gasteiger partial charge on any atom is 0.231 e. The number of amides is 1. The molecule has 0 bridgehead atoms. The van der Waals surface area contributed by atoms with Gasteiger partial charge in [-0.15, -0.1) is 10.2 Å². The molecule has 2 aromatic rings. The Morgan fingerprint density at radius 3 is 2.63 bits per heavy atom. The number of aliphatic hydroxyl groups excluding tert-OH is 1. The van der Waals surface area contributed by atoms with Gasteiger partial charge in [0.15, 0.2) is 5.82 Å². The number of hydrogen-bond donors (Lipinski definition) is 1. The van der Waals surface area contributed by atoms with Crippen LogP contribution in [0, 0.1) is 5.41 Å². The second-order valence-electron chi connectivity index (χ2n) is 7.45. The van der Waals surface area contributed by atoms with Gasteiger partial charge >= 0.3 is 0 Å². The van der Waals surface area contributed by atoms with Crippen molar-refractivity contribution >= 4 is 5.91 Å². The molecule has 1 saturated heterocycles. The molecule has 0 atom stereocenters. The van der Waals surface area contributed by atoms with E-state index >= 15 is 0 Å². The Labute approximate surface area is 159 Å². The lowest BCUT2D eigenvalue weighted by atomic mass is 9.79. The van der Waals surface area contributed by atoms with Crippen molar-refractivity contribution < 1.29 is 14.6 Å². The van der Waals surface area contributed by atoms with Crippen LogP contribution in [0.15, 0.2) is 30.3 Å².